The van der Waals surface area contributed by atoms with E-state index in [4.69, 9.17) is 4.74 Å². The lowest BCUT2D eigenvalue weighted by Crippen LogP contribution is -2.49. The zero-order chi connectivity index (χ0) is 14.0. The van der Waals surface area contributed by atoms with Crippen molar-refractivity contribution < 1.29 is 4.74 Å². The Morgan fingerprint density at radius 3 is 2.32 bits per heavy atom. The van der Waals surface area contributed by atoms with Gasteiger partial charge in [0.25, 0.3) is 0 Å². The summed E-state index contributed by atoms with van der Waals surface area (Å²) in [6, 6.07) is 2.93. The van der Waals surface area contributed by atoms with Crippen LogP contribution < -0.4 is 10.6 Å². The molecular weight excluding hydrogens is 236 g/mol. The molecule has 1 aromatic rings. The van der Waals surface area contributed by atoms with Crippen molar-refractivity contribution in [3.05, 3.63) is 33.9 Å². The van der Waals surface area contributed by atoms with Gasteiger partial charge in [-0.05, 0) is 62.6 Å². The fraction of sp³-hybridized carbons (Fsp3) is 0.625. The summed E-state index contributed by atoms with van der Waals surface area (Å²) in [6.07, 6.45) is 0. The monoisotopic (exact) mass is 262 g/mol. The van der Waals surface area contributed by atoms with Gasteiger partial charge in [-0.3, -0.25) is 0 Å². The average Bonchev–Trinajstić information content (AvgIpc) is 2.42. The Bertz CT molecular complexity index is 424. The highest BCUT2D eigenvalue weighted by atomic mass is 16.5. The molecule has 1 aliphatic heterocycles. The van der Waals surface area contributed by atoms with Gasteiger partial charge in [-0.25, -0.2) is 0 Å². The Kier molecular flexibility index (Phi) is 4.61. The minimum Gasteiger partial charge on any atom is -0.378 e. The van der Waals surface area contributed by atoms with E-state index in [1.54, 1.807) is 0 Å². The highest BCUT2D eigenvalue weighted by molar-refractivity contribution is 5.46. The maximum absolute atomic E-state index is 5.62. The van der Waals surface area contributed by atoms with Crippen LogP contribution in [0.25, 0.3) is 0 Å². The molecule has 1 aliphatic rings. The van der Waals surface area contributed by atoms with Crippen molar-refractivity contribution in [1.29, 1.82) is 0 Å². The fourth-order valence-electron chi connectivity index (χ4n) is 3.06. The van der Waals surface area contributed by atoms with E-state index in [0.29, 0.717) is 12.1 Å². The van der Waals surface area contributed by atoms with Crippen molar-refractivity contribution >= 4 is 0 Å². The zero-order valence-corrected chi connectivity index (χ0v) is 12.8. The predicted molar refractivity (Wildman–Crippen MR) is 79.8 cm³/mol. The van der Waals surface area contributed by atoms with E-state index >= 15 is 0 Å². The molecule has 1 saturated heterocycles. The Morgan fingerprint density at radius 1 is 1.21 bits per heavy atom. The molecule has 0 saturated carbocycles. The number of rotatable bonds is 3. The lowest BCUT2D eigenvalue weighted by atomic mass is 9.86. The molecule has 0 amide bonds. The quantitative estimate of drug-likeness (QED) is 0.876. The molecule has 3 nitrogen and oxygen atoms in total. The molecule has 19 heavy (non-hydrogen) atoms. The lowest BCUT2D eigenvalue weighted by molar-refractivity contribution is 0.0644. The second-order valence-corrected chi connectivity index (χ2v) is 5.58. The van der Waals surface area contributed by atoms with Crippen molar-refractivity contribution in [3.8, 4) is 0 Å². The van der Waals surface area contributed by atoms with Gasteiger partial charge in [-0.2, -0.15) is 0 Å². The van der Waals surface area contributed by atoms with Gasteiger partial charge in [0.15, 0.2) is 0 Å². The van der Waals surface area contributed by atoms with Gasteiger partial charge >= 0.3 is 0 Å². The molecular formula is C16H26N2O. The third kappa shape index (κ3) is 2.83. The number of morpholine rings is 1. The van der Waals surface area contributed by atoms with Crippen LogP contribution in [0.2, 0.25) is 0 Å². The molecule has 1 heterocycles. The molecule has 2 unspecified atom stereocenters. The molecule has 0 bridgehead atoms. The van der Waals surface area contributed by atoms with E-state index < -0.39 is 0 Å². The Morgan fingerprint density at radius 2 is 1.84 bits per heavy atom. The Hall–Kier alpha value is -0.900. The predicted octanol–water partition coefficient (Wildman–Crippen LogP) is 2.17. The summed E-state index contributed by atoms with van der Waals surface area (Å²) in [5.74, 6) is 0. The second-order valence-electron chi connectivity index (χ2n) is 5.58. The second kappa shape index (κ2) is 6.04. The minimum absolute atomic E-state index is 0.305. The maximum atomic E-state index is 5.62. The fourth-order valence-corrected chi connectivity index (χ4v) is 3.06. The highest BCUT2D eigenvalue weighted by Gasteiger charge is 2.27. The number of ether oxygens (including phenoxy) is 1. The van der Waals surface area contributed by atoms with Crippen LogP contribution in [0.5, 0.6) is 0 Å². The number of hydrogen-bond donors (Lipinski definition) is 2. The molecule has 1 aromatic carbocycles. The number of hydrogen-bond acceptors (Lipinski definition) is 3. The number of aryl methyl sites for hydroxylation is 2. The summed E-state index contributed by atoms with van der Waals surface area (Å²) >= 11 is 0. The minimum atomic E-state index is 0.305. The molecule has 2 atom stereocenters. The molecule has 2 N–H and O–H groups in total. The molecule has 0 aliphatic carbocycles. The molecule has 0 aromatic heterocycles. The van der Waals surface area contributed by atoms with Gasteiger partial charge in [0.05, 0.1) is 25.3 Å². The van der Waals surface area contributed by atoms with Crippen molar-refractivity contribution in [2.24, 2.45) is 0 Å². The number of nitrogens with one attached hydrogen (secondary N) is 2. The first kappa shape index (κ1) is 14.5. The van der Waals surface area contributed by atoms with Crippen LogP contribution in [0.1, 0.15) is 33.9 Å². The van der Waals surface area contributed by atoms with E-state index in [-0.39, 0.29) is 0 Å². The van der Waals surface area contributed by atoms with Crippen LogP contribution in [0.4, 0.5) is 0 Å². The molecule has 0 radical (unpaired) electrons. The third-order valence-corrected chi connectivity index (χ3v) is 4.40. The maximum Gasteiger partial charge on any atom is 0.0638 e. The van der Waals surface area contributed by atoms with Gasteiger partial charge < -0.3 is 15.4 Å². The van der Waals surface area contributed by atoms with Crippen LogP contribution in [0.3, 0.4) is 0 Å². The summed E-state index contributed by atoms with van der Waals surface area (Å²) in [5, 5.41) is 7.06. The van der Waals surface area contributed by atoms with Crippen LogP contribution in [-0.4, -0.2) is 32.8 Å². The van der Waals surface area contributed by atoms with Gasteiger partial charge in [0.2, 0.25) is 0 Å². The number of benzene rings is 1. The van der Waals surface area contributed by atoms with E-state index in [9.17, 15) is 0 Å². The molecule has 2 rings (SSSR count). The summed E-state index contributed by atoms with van der Waals surface area (Å²) < 4.78 is 5.62. The van der Waals surface area contributed by atoms with E-state index in [2.05, 4.69) is 44.4 Å². The zero-order valence-electron chi connectivity index (χ0n) is 12.8. The Labute approximate surface area is 116 Å². The first-order valence-electron chi connectivity index (χ1n) is 7.12. The van der Waals surface area contributed by atoms with E-state index in [1.165, 1.54) is 27.8 Å². The smallest absolute Gasteiger partial charge is 0.0638 e. The van der Waals surface area contributed by atoms with Crippen LogP contribution in [0, 0.1) is 27.7 Å². The molecule has 3 heteroatoms. The average molecular weight is 262 g/mol. The summed E-state index contributed by atoms with van der Waals surface area (Å²) in [6.45, 7) is 11.4. The van der Waals surface area contributed by atoms with Crippen LogP contribution in [0.15, 0.2) is 6.07 Å². The van der Waals surface area contributed by atoms with Crippen LogP contribution >= 0.6 is 0 Å². The molecule has 0 spiro atoms. The first-order chi connectivity index (χ1) is 9.06. The van der Waals surface area contributed by atoms with Gasteiger partial charge in [-0.15, -0.1) is 0 Å². The summed E-state index contributed by atoms with van der Waals surface area (Å²) in [7, 11) is 2.04. The van der Waals surface area contributed by atoms with E-state index in [0.717, 1.165) is 19.8 Å². The van der Waals surface area contributed by atoms with Crippen molar-refractivity contribution in [3.63, 3.8) is 0 Å². The summed E-state index contributed by atoms with van der Waals surface area (Å²) in [4.78, 5) is 0. The van der Waals surface area contributed by atoms with Gasteiger partial charge in [0, 0.05) is 6.54 Å². The largest absolute Gasteiger partial charge is 0.378 e. The van der Waals surface area contributed by atoms with Crippen molar-refractivity contribution in [2.75, 3.05) is 26.8 Å². The molecule has 106 valence electrons. The van der Waals surface area contributed by atoms with Crippen LogP contribution in [-0.2, 0) is 4.74 Å². The standard InChI is InChI=1S/C16H26N2O/c1-10-8-11(2)13(4)15(12(10)3)16(17-5)14-9-19-7-6-18-14/h8,14,16-18H,6-7,9H2,1-5H3. The molecule has 1 fully saturated rings. The third-order valence-electron chi connectivity index (χ3n) is 4.40. The van der Waals surface area contributed by atoms with Crippen molar-refractivity contribution in [2.45, 2.75) is 39.8 Å². The number of likely N-dealkylation sites (N-methyl/N-ethyl adjacent to an activating group) is 1. The summed E-state index contributed by atoms with van der Waals surface area (Å²) in [5.41, 5.74) is 6.97. The normalized spacial score (nSPS) is 21.4. The highest BCUT2D eigenvalue weighted by Crippen LogP contribution is 2.29. The lowest BCUT2D eigenvalue weighted by Gasteiger charge is -2.34. The van der Waals surface area contributed by atoms with Crippen molar-refractivity contribution in [1.82, 2.24) is 10.6 Å². The topological polar surface area (TPSA) is 33.3 Å². The van der Waals surface area contributed by atoms with Gasteiger partial charge in [0.1, 0.15) is 0 Å². The van der Waals surface area contributed by atoms with Gasteiger partial charge in [-0.1, -0.05) is 6.07 Å². The Balaban J connectivity index is 2.42. The SMILES string of the molecule is CNC(c1c(C)c(C)cc(C)c1C)C1COCCN1. The van der Waals surface area contributed by atoms with E-state index in [1.807, 2.05) is 7.05 Å². The first-order valence-corrected chi connectivity index (χ1v) is 7.12.